The largest absolute Gasteiger partial charge is 0.481 e. The zero-order valence-corrected chi connectivity index (χ0v) is 16.1. The van der Waals surface area contributed by atoms with Gasteiger partial charge in [-0.05, 0) is 37.7 Å². The van der Waals surface area contributed by atoms with E-state index in [4.69, 9.17) is 16.7 Å². The second-order valence-corrected chi connectivity index (χ2v) is 7.80. The number of carbonyl (C=O) groups is 1. The summed E-state index contributed by atoms with van der Waals surface area (Å²) in [5.41, 5.74) is -0.248. The van der Waals surface area contributed by atoms with E-state index in [9.17, 15) is 14.3 Å². The SMILES string of the molecule is O=C(O)CC1CCCC(O)(Nc2nc(-c3c[nH]c4ncc(Cl)cc34)ncc2F)C1. The minimum absolute atomic E-state index is 0.0371. The number of halogens is 2. The van der Waals surface area contributed by atoms with E-state index in [1.54, 1.807) is 12.3 Å². The van der Waals surface area contributed by atoms with Crippen molar-refractivity contribution in [1.29, 1.82) is 0 Å². The van der Waals surface area contributed by atoms with Gasteiger partial charge in [-0.25, -0.2) is 19.3 Å². The van der Waals surface area contributed by atoms with Gasteiger partial charge in [0.15, 0.2) is 17.5 Å². The minimum Gasteiger partial charge on any atom is -0.481 e. The highest BCUT2D eigenvalue weighted by Gasteiger charge is 2.36. The van der Waals surface area contributed by atoms with Crippen molar-refractivity contribution in [3.8, 4) is 11.4 Å². The molecule has 3 aromatic rings. The number of carboxylic acid groups (broad SMARTS) is 1. The van der Waals surface area contributed by atoms with E-state index in [-0.39, 0.29) is 30.4 Å². The molecule has 0 saturated heterocycles. The van der Waals surface area contributed by atoms with E-state index in [2.05, 4.69) is 25.3 Å². The summed E-state index contributed by atoms with van der Waals surface area (Å²) < 4.78 is 14.4. The van der Waals surface area contributed by atoms with E-state index in [1.807, 2.05) is 0 Å². The van der Waals surface area contributed by atoms with Gasteiger partial charge in [0, 0.05) is 29.8 Å². The van der Waals surface area contributed by atoms with Crippen LogP contribution in [0.5, 0.6) is 0 Å². The van der Waals surface area contributed by atoms with Crippen molar-refractivity contribution in [3.05, 3.63) is 35.5 Å². The molecule has 0 amide bonds. The zero-order valence-electron chi connectivity index (χ0n) is 15.3. The topological polar surface area (TPSA) is 124 Å². The Labute approximate surface area is 170 Å². The van der Waals surface area contributed by atoms with E-state index in [0.717, 1.165) is 6.20 Å². The average molecular weight is 420 g/mol. The van der Waals surface area contributed by atoms with Crippen LogP contribution in [-0.2, 0) is 4.79 Å². The van der Waals surface area contributed by atoms with Crippen molar-refractivity contribution in [2.45, 2.75) is 37.8 Å². The predicted molar refractivity (Wildman–Crippen MR) is 105 cm³/mol. The third kappa shape index (κ3) is 4.15. The van der Waals surface area contributed by atoms with Crippen molar-refractivity contribution in [1.82, 2.24) is 19.9 Å². The van der Waals surface area contributed by atoms with Crippen LogP contribution in [0.2, 0.25) is 5.02 Å². The van der Waals surface area contributed by atoms with Crippen LogP contribution in [0, 0.1) is 11.7 Å². The number of aliphatic carboxylic acids is 1. The Morgan fingerprint density at radius 1 is 1.41 bits per heavy atom. The molecular weight excluding hydrogens is 401 g/mol. The number of carboxylic acids is 1. The highest BCUT2D eigenvalue weighted by atomic mass is 35.5. The number of pyridine rings is 1. The van der Waals surface area contributed by atoms with Crippen molar-refractivity contribution in [3.63, 3.8) is 0 Å². The van der Waals surface area contributed by atoms with Crippen LogP contribution >= 0.6 is 11.6 Å². The van der Waals surface area contributed by atoms with Gasteiger partial charge < -0.3 is 20.5 Å². The average Bonchev–Trinajstić information content (AvgIpc) is 3.06. The molecule has 1 aliphatic rings. The molecule has 2 atom stereocenters. The number of aromatic amines is 1. The van der Waals surface area contributed by atoms with Gasteiger partial charge in [0.1, 0.15) is 11.4 Å². The van der Waals surface area contributed by atoms with E-state index >= 15 is 0 Å². The number of nitrogens with zero attached hydrogens (tertiary/aromatic N) is 3. The number of rotatable bonds is 5. The van der Waals surface area contributed by atoms with Gasteiger partial charge in [0.25, 0.3) is 0 Å². The summed E-state index contributed by atoms with van der Waals surface area (Å²) in [5.74, 6) is -1.71. The summed E-state index contributed by atoms with van der Waals surface area (Å²) in [7, 11) is 0. The molecule has 0 radical (unpaired) electrons. The van der Waals surface area contributed by atoms with E-state index in [1.165, 1.54) is 6.20 Å². The van der Waals surface area contributed by atoms with E-state index in [0.29, 0.717) is 40.9 Å². The Morgan fingerprint density at radius 3 is 3.03 bits per heavy atom. The molecule has 1 aliphatic carbocycles. The molecule has 0 aliphatic heterocycles. The summed E-state index contributed by atoms with van der Waals surface area (Å²) in [6.45, 7) is 0. The summed E-state index contributed by atoms with van der Waals surface area (Å²) in [5, 5.41) is 23.8. The van der Waals surface area contributed by atoms with Gasteiger partial charge in [0.2, 0.25) is 0 Å². The van der Waals surface area contributed by atoms with Crippen LogP contribution < -0.4 is 5.32 Å². The van der Waals surface area contributed by atoms with Crippen LogP contribution in [0.3, 0.4) is 0 Å². The van der Waals surface area contributed by atoms with E-state index < -0.39 is 17.5 Å². The van der Waals surface area contributed by atoms with Gasteiger partial charge in [0.05, 0.1) is 11.2 Å². The maximum Gasteiger partial charge on any atom is 0.303 e. The smallest absolute Gasteiger partial charge is 0.303 e. The number of fused-ring (bicyclic) bond motifs is 1. The van der Waals surface area contributed by atoms with Crippen molar-refractivity contribution >= 4 is 34.4 Å². The van der Waals surface area contributed by atoms with Gasteiger partial charge in [-0.15, -0.1) is 0 Å². The number of H-pyrrole nitrogens is 1. The lowest BCUT2D eigenvalue weighted by molar-refractivity contribution is -0.139. The monoisotopic (exact) mass is 419 g/mol. The number of nitrogens with one attached hydrogen (secondary N) is 2. The fourth-order valence-electron chi connectivity index (χ4n) is 3.87. The molecule has 3 heterocycles. The van der Waals surface area contributed by atoms with Crippen LogP contribution in [0.25, 0.3) is 22.4 Å². The van der Waals surface area contributed by atoms with Crippen LogP contribution in [0.4, 0.5) is 10.2 Å². The summed E-state index contributed by atoms with van der Waals surface area (Å²) in [6.07, 6.45) is 6.06. The Morgan fingerprint density at radius 2 is 2.24 bits per heavy atom. The first kappa shape index (κ1) is 19.5. The molecule has 10 heteroatoms. The highest BCUT2D eigenvalue weighted by molar-refractivity contribution is 6.31. The summed E-state index contributed by atoms with van der Waals surface area (Å²) >= 11 is 6.02. The highest BCUT2D eigenvalue weighted by Crippen LogP contribution is 2.36. The fraction of sp³-hybridized carbons (Fsp3) is 0.368. The molecule has 0 spiro atoms. The molecule has 0 bridgehead atoms. The van der Waals surface area contributed by atoms with Crippen molar-refractivity contribution in [2.24, 2.45) is 5.92 Å². The number of hydrogen-bond donors (Lipinski definition) is 4. The Balaban J connectivity index is 1.63. The minimum atomic E-state index is -1.43. The first-order chi connectivity index (χ1) is 13.8. The van der Waals surface area contributed by atoms with Crippen LogP contribution in [0.1, 0.15) is 32.1 Å². The lowest BCUT2D eigenvalue weighted by atomic mass is 9.81. The predicted octanol–water partition coefficient (Wildman–Crippen LogP) is 3.58. The fourth-order valence-corrected chi connectivity index (χ4v) is 4.03. The first-order valence-corrected chi connectivity index (χ1v) is 9.59. The van der Waals surface area contributed by atoms with Gasteiger partial charge in [-0.1, -0.05) is 11.6 Å². The van der Waals surface area contributed by atoms with Crippen molar-refractivity contribution in [2.75, 3.05) is 5.32 Å². The third-order valence-electron chi connectivity index (χ3n) is 5.13. The van der Waals surface area contributed by atoms with Crippen LogP contribution in [-0.4, -0.2) is 41.8 Å². The standard InChI is InChI=1S/C19H19ClFN5O3/c20-11-5-12-13(8-23-16(12)22-7-11)17-24-9-14(21)18(25-17)26-19(29)3-1-2-10(6-19)4-15(27)28/h5,7-10,29H,1-4,6H2,(H,22,23)(H,27,28)(H,24,25,26). The molecular formula is C19H19ClFN5O3. The second-order valence-electron chi connectivity index (χ2n) is 7.36. The molecule has 1 fully saturated rings. The number of aromatic nitrogens is 4. The molecule has 1 saturated carbocycles. The number of aliphatic hydroxyl groups is 1. The normalized spacial score (nSPS) is 22.0. The Bertz CT molecular complexity index is 1080. The van der Waals surface area contributed by atoms with Gasteiger partial charge >= 0.3 is 5.97 Å². The lowest BCUT2D eigenvalue weighted by Crippen LogP contribution is -2.43. The molecule has 2 unspecified atom stereocenters. The number of hydrogen-bond acceptors (Lipinski definition) is 6. The molecule has 152 valence electrons. The molecule has 4 N–H and O–H groups in total. The lowest BCUT2D eigenvalue weighted by Gasteiger charge is -2.37. The van der Waals surface area contributed by atoms with Crippen molar-refractivity contribution < 1.29 is 19.4 Å². The molecule has 8 nitrogen and oxygen atoms in total. The molecule has 4 rings (SSSR count). The zero-order chi connectivity index (χ0) is 20.6. The molecule has 3 aromatic heterocycles. The van der Waals surface area contributed by atoms with Gasteiger partial charge in [-0.2, -0.15) is 0 Å². The summed E-state index contributed by atoms with van der Waals surface area (Å²) in [4.78, 5) is 26.5. The maximum atomic E-state index is 14.4. The molecule has 29 heavy (non-hydrogen) atoms. The van der Waals surface area contributed by atoms with Gasteiger partial charge in [-0.3, -0.25) is 4.79 Å². The second kappa shape index (κ2) is 7.57. The molecule has 0 aromatic carbocycles. The Hall–Kier alpha value is -2.78. The first-order valence-electron chi connectivity index (χ1n) is 9.21. The Kier molecular flexibility index (Phi) is 5.10. The maximum absolute atomic E-state index is 14.4. The third-order valence-corrected chi connectivity index (χ3v) is 5.33. The quantitative estimate of drug-likeness (QED) is 0.466. The number of anilines is 1. The summed E-state index contributed by atoms with van der Waals surface area (Å²) in [6, 6.07) is 1.71. The van der Waals surface area contributed by atoms with Crippen LogP contribution in [0.15, 0.2) is 24.7 Å².